The molecule has 18 heavy (non-hydrogen) atoms. The summed E-state index contributed by atoms with van der Waals surface area (Å²) in [6.45, 7) is 7.91. The Labute approximate surface area is 113 Å². The molecule has 100 valence electrons. The van der Waals surface area contributed by atoms with Crippen LogP contribution in [0.1, 0.15) is 48.2 Å². The normalized spacial score (nSPS) is 21.2. The number of likely N-dealkylation sites (tertiary alicyclic amines) is 1. The first kappa shape index (κ1) is 13.7. The fourth-order valence-electron chi connectivity index (χ4n) is 2.61. The van der Waals surface area contributed by atoms with Gasteiger partial charge in [-0.25, -0.2) is 4.98 Å². The summed E-state index contributed by atoms with van der Waals surface area (Å²) in [5.74, 6) is 0.304. The molecule has 1 aromatic rings. The summed E-state index contributed by atoms with van der Waals surface area (Å²) in [5, 5.41) is 1.19. The van der Waals surface area contributed by atoms with Gasteiger partial charge in [0.25, 0.3) is 0 Å². The molecule has 4 heteroatoms. The van der Waals surface area contributed by atoms with Crippen molar-refractivity contribution >= 4 is 17.1 Å². The summed E-state index contributed by atoms with van der Waals surface area (Å²) in [7, 11) is 0. The van der Waals surface area contributed by atoms with Crippen molar-refractivity contribution in [1.82, 2.24) is 9.88 Å². The molecule has 0 amide bonds. The maximum Gasteiger partial charge on any atom is 0.131 e. The van der Waals surface area contributed by atoms with E-state index in [1.807, 2.05) is 0 Å². The Hall–Kier alpha value is -0.740. The molecule has 1 aliphatic heterocycles. The number of hydrogen-bond donors (Lipinski definition) is 0. The molecule has 0 saturated carbocycles. The second kappa shape index (κ2) is 5.93. The van der Waals surface area contributed by atoms with Crippen LogP contribution in [-0.2, 0) is 11.3 Å². The summed E-state index contributed by atoms with van der Waals surface area (Å²) in [4.78, 5) is 19.7. The fourth-order valence-corrected chi connectivity index (χ4v) is 3.57. The van der Waals surface area contributed by atoms with E-state index in [4.69, 9.17) is 0 Å². The van der Waals surface area contributed by atoms with Crippen LogP contribution in [0.2, 0.25) is 0 Å². The number of rotatable bonds is 4. The molecular formula is C14H22N2OS. The zero-order valence-electron chi connectivity index (χ0n) is 11.5. The molecule has 3 nitrogen and oxygen atoms in total. The lowest BCUT2D eigenvalue weighted by molar-refractivity contribution is -0.118. The molecule has 0 bridgehead atoms. The van der Waals surface area contributed by atoms with Crippen LogP contribution in [0.5, 0.6) is 0 Å². The molecule has 1 atom stereocenters. The third kappa shape index (κ3) is 3.39. The molecule has 1 fully saturated rings. The van der Waals surface area contributed by atoms with Crippen LogP contribution in [0.25, 0.3) is 0 Å². The molecule has 1 saturated heterocycles. The van der Waals surface area contributed by atoms with E-state index in [1.54, 1.807) is 18.3 Å². The van der Waals surface area contributed by atoms with Gasteiger partial charge in [0.15, 0.2) is 0 Å². The number of piperidine rings is 1. The predicted molar refractivity (Wildman–Crippen MR) is 74.9 cm³/mol. The van der Waals surface area contributed by atoms with E-state index in [9.17, 15) is 4.79 Å². The average molecular weight is 266 g/mol. The minimum Gasteiger partial charge on any atom is -0.300 e. The predicted octanol–water partition coefficient (Wildman–Crippen LogP) is 3.09. The monoisotopic (exact) mass is 266 g/mol. The highest BCUT2D eigenvalue weighted by Gasteiger charge is 2.24. The molecule has 0 spiro atoms. The molecule has 0 N–H and O–H groups in total. The SMILES string of the molecule is CC(=O)CC1CCCCN1Cc1nc(C)c(C)s1. The van der Waals surface area contributed by atoms with E-state index in [-0.39, 0.29) is 0 Å². The second-order valence-electron chi connectivity index (χ2n) is 5.28. The molecule has 0 aliphatic carbocycles. The van der Waals surface area contributed by atoms with Crippen molar-refractivity contribution in [3.8, 4) is 0 Å². The third-order valence-corrected chi connectivity index (χ3v) is 4.74. The largest absolute Gasteiger partial charge is 0.300 e. The lowest BCUT2D eigenvalue weighted by Gasteiger charge is -2.34. The Balaban J connectivity index is 2.02. The summed E-state index contributed by atoms with van der Waals surface area (Å²) < 4.78 is 0. The van der Waals surface area contributed by atoms with Gasteiger partial charge in [0.2, 0.25) is 0 Å². The third-order valence-electron chi connectivity index (χ3n) is 3.68. The van der Waals surface area contributed by atoms with Gasteiger partial charge in [0.1, 0.15) is 10.8 Å². The lowest BCUT2D eigenvalue weighted by atomic mass is 9.98. The van der Waals surface area contributed by atoms with Crippen molar-refractivity contribution in [2.24, 2.45) is 0 Å². The lowest BCUT2D eigenvalue weighted by Crippen LogP contribution is -2.39. The number of aryl methyl sites for hydroxylation is 2. The smallest absolute Gasteiger partial charge is 0.131 e. The Morgan fingerprint density at radius 2 is 2.22 bits per heavy atom. The fraction of sp³-hybridized carbons (Fsp3) is 0.714. The first-order chi connectivity index (χ1) is 8.56. The Kier molecular flexibility index (Phi) is 4.51. The highest BCUT2D eigenvalue weighted by molar-refractivity contribution is 7.11. The van der Waals surface area contributed by atoms with Gasteiger partial charge in [-0.15, -0.1) is 11.3 Å². The summed E-state index contributed by atoms with van der Waals surface area (Å²) in [6.07, 6.45) is 4.36. The van der Waals surface area contributed by atoms with Crippen LogP contribution >= 0.6 is 11.3 Å². The zero-order chi connectivity index (χ0) is 13.1. The minimum atomic E-state index is 0.304. The van der Waals surface area contributed by atoms with Crippen LogP contribution in [0, 0.1) is 13.8 Å². The van der Waals surface area contributed by atoms with Gasteiger partial charge in [-0.2, -0.15) is 0 Å². The minimum absolute atomic E-state index is 0.304. The van der Waals surface area contributed by atoms with Crippen molar-refractivity contribution in [2.45, 2.75) is 59.0 Å². The van der Waals surface area contributed by atoms with Crippen LogP contribution < -0.4 is 0 Å². The Morgan fingerprint density at radius 3 is 2.83 bits per heavy atom. The first-order valence-electron chi connectivity index (χ1n) is 6.72. The van der Waals surface area contributed by atoms with E-state index in [1.165, 1.54) is 22.7 Å². The quantitative estimate of drug-likeness (QED) is 0.839. The van der Waals surface area contributed by atoms with E-state index >= 15 is 0 Å². The van der Waals surface area contributed by atoms with E-state index in [2.05, 4.69) is 23.7 Å². The topological polar surface area (TPSA) is 33.2 Å². The van der Waals surface area contributed by atoms with Gasteiger partial charge < -0.3 is 0 Å². The van der Waals surface area contributed by atoms with Crippen LogP contribution in [0.3, 0.4) is 0 Å². The molecule has 1 aromatic heterocycles. The van der Waals surface area contributed by atoms with Gasteiger partial charge in [0.05, 0.1) is 12.2 Å². The number of nitrogens with zero attached hydrogens (tertiary/aromatic N) is 2. The average Bonchev–Trinajstić information content (AvgIpc) is 2.60. The standard InChI is InChI=1S/C14H22N2OS/c1-10(17)8-13-6-4-5-7-16(13)9-14-15-11(2)12(3)18-14/h13H,4-9H2,1-3H3. The van der Waals surface area contributed by atoms with Gasteiger partial charge >= 0.3 is 0 Å². The van der Waals surface area contributed by atoms with Crippen molar-refractivity contribution in [3.63, 3.8) is 0 Å². The molecule has 2 rings (SSSR count). The number of carbonyl (C=O) groups excluding carboxylic acids is 1. The maximum absolute atomic E-state index is 11.3. The van der Waals surface area contributed by atoms with Crippen LogP contribution in [-0.4, -0.2) is 28.3 Å². The van der Waals surface area contributed by atoms with Gasteiger partial charge in [-0.3, -0.25) is 9.69 Å². The highest BCUT2D eigenvalue weighted by atomic mass is 32.1. The molecule has 1 unspecified atom stereocenters. The van der Waals surface area contributed by atoms with Crippen molar-refractivity contribution in [1.29, 1.82) is 0 Å². The van der Waals surface area contributed by atoms with Crippen molar-refractivity contribution in [2.75, 3.05) is 6.54 Å². The van der Waals surface area contributed by atoms with Crippen LogP contribution in [0.15, 0.2) is 0 Å². The number of carbonyl (C=O) groups is 1. The molecular weight excluding hydrogens is 244 g/mol. The first-order valence-corrected chi connectivity index (χ1v) is 7.54. The van der Waals surface area contributed by atoms with Gasteiger partial charge in [-0.05, 0) is 40.2 Å². The number of aromatic nitrogens is 1. The maximum atomic E-state index is 11.3. The Morgan fingerprint density at radius 1 is 1.44 bits per heavy atom. The summed E-state index contributed by atoms with van der Waals surface area (Å²) in [6, 6.07) is 0.431. The van der Waals surface area contributed by atoms with E-state index < -0.39 is 0 Å². The van der Waals surface area contributed by atoms with Crippen molar-refractivity contribution in [3.05, 3.63) is 15.6 Å². The molecule has 0 radical (unpaired) electrons. The Bertz CT molecular complexity index is 408. The molecule has 2 heterocycles. The summed E-state index contributed by atoms with van der Waals surface area (Å²) in [5.41, 5.74) is 1.15. The van der Waals surface area contributed by atoms with Gasteiger partial charge in [-0.1, -0.05) is 6.42 Å². The van der Waals surface area contributed by atoms with E-state index in [0.29, 0.717) is 18.2 Å². The molecule has 1 aliphatic rings. The van der Waals surface area contributed by atoms with Gasteiger partial charge in [0, 0.05) is 17.3 Å². The second-order valence-corrected chi connectivity index (χ2v) is 6.56. The number of Topliss-reactive ketones (excluding diaryl/α,β-unsaturated/α-hetero) is 1. The van der Waals surface area contributed by atoms with E-state index in [0.717, 1.165) is 25.2 Å². The van der Waals surface area contributed by atoms with Crippen LogP contribution in [0.4, 0.5) is 0 Å². The highest BCUT2D eigenvalue weighted by Crippen LogP contribution is 2.24. The zero-order valence-corrected chi connectivity index (χ0v) is 12.3. The van der Waals surface area contributed by atoms with Crippen molar-refractivity contribution < 1.29 is 4.79 Å². The number of ketones is 1. The molecule has 0 aromatic carbocycles. The summed E-state index contributed by atoms with van der Waals surface area (Å²) >= 11 is 1.79. The number of thiazole rings is 1. The number of hydrogen-bond acceptors (Lipinski definition) is 4.